The molecule has 0 heterocycles. The molecule has 0 bridgehead atoms. The summed E-state index contributed by atoms with van der Waals surface area (Å²) in [5.74, 6) is 0.621. The molecule has 0 saturated carbocycles. The summed E-state index contributed by atoms with van der Waals surface area (Å²) in [6.07, 6.45) is 1.000. The van der Waals surface area contributed by atoms with Gasteiger partial charge in [-0.2, -0.15) is 5.26 Å². The Labute approximate surface area is 119 Å². The van der Waals surface area contributed by atoms with Crippen molar-refractivity contribution in [2.45, 2.75) is 19.9 Å². The molecule has 1 N–H and O–H groups in total. The van der Waals surface area contributed by atoms with Crippen molar-refractivity contribution in [2.75, 3.05) is 12.4 Å². The lowest BCUT2D eigenvalue weighted by atomic mass is 10.1. The first-order valence-electron chi connectivity index (χ1n) is 6.67. The quantitative estimate of drug-likeness (QED) is 0.896. The van der Waals surface area contributed by atoms with Crippen molar-refractivity contribution in [2.24, 2.45) is 0 Å². The number of hydrogen-bond acceptors (Lipinski definition) is 3. The van der Waals surface area contributed by atoms with E-state index < -0.39 is 0 Å². The van der Waals surface area contributed by atoms with E-state index in [4.69, 9.17) is 10.00 Å². The first-order chi connectivity index (χ1) is 9.78. The van der Waals surface area contributed by atoms with Crippen molar-refractivity contribution < 1.29 is 4.74 Å². The minimum Gasteiger partial charge on any atom is -0.495 e. The van der Waals surface area contributed by atoms with Gasteiger partial charge in [-0.1, -0.05) is 31.2 Å². The van der Waals surface area contributed by atoms with Gasteiger partial charge in [0.2, 0.25) is 0 Å². The summed E-state index contributed by atoms with van der Waals surface area (Å²) in [5, 5.41) is 12.4. The molecule has 0 aromatic heterocycles. The summed E-state index contributed by atoms with van der Waals surface area (Å²) >= 11 is 0. The molecule has 0 aliphatic rings. The molecule has 0 unspecified atom stereocenters. The topological polar surface area (TPSA) is 45.0 Å². The van der Waals surface area contributed by atoms with Gasteiger partial charge in [0, 0.05) is 12.2 Å². The Morgan fingerprint density at radius 3 is 2.70 bits per heavy atom. The normalized spacial score (nSPS) is 9.85. The highest BCUT2D eigenvalue weighted by Crippen LogP contribution is 2.21. The highest BCUT2D eigenvalue weighted by atomic mass is 16.5. The number of nitrogens with one attached hydrogen (secondary N) is 1. The van der Waals surface area contributed by atoms with Crippen LogP contribution in [0.5, 0.6) is 5.75 Å². The number of aryl methyl sites for hydroxylation is 1. The third-order valence-electron chi connectivity index (χ3n) is 3.27. The van der Waals surface area contributed by atoms with Crippen molar-refractivity contribution >= 4 is 5.69 Å². The van der Waals surface area contributed by atoms with Crippen molar-refractivity contribution in [3.63, 3.8) is 0 Å². The lowest BCUT2D eigenvalue weighted by Gasteiger charge is -2.12. The number of benzene rings is 2. The van der Waals surface area contributed by atoms with Crippen LogP contribution in [0.15, 0.2) is 42.5 Å². The van der Waals surface area contributed by atoms with E-state index in [0.29, 0.717) is 17.9 Å². The number of ether oxygens (including phenoxy) is 1. The predicted molar refractivity (Wildman–Crippen MR) is 80.9 cm³/mol. The molecule has 0 fully saturated rings. The first kappa shape index (κ1) is 14.0. The second-order valence-corrected chi connectivity index (χ2v) is 4.51. The molecule has 0 spiro atoms. The number of nitrogens with zero attached hydrogens (tertiary/aromatic N) is 1. The molecule has 0 aliphatic carbocycles. The minimum absolute atomic E-state index is 0.560. The van der Waals surface area contributed by atoms with Gasteiger partial charge in [0.15, 0.2) is 0 Å². The lowest BCUT2D eigenvalue weighted by Crippen LogP contribution is -2.02. The zero-order valence-electron chi connectivity index (χ0n) is 11.8. The summed E-state index contributed by atoms with van der Waals surface area (Å²) in [4.78, 5) is 0. The summed E-state index contributed by atoms with van der Waals surface area (Å²) in [7, 11) is 1.58. The Balaban J connectivity index is 2.13. The van der Waals surface area contributed by atoms with Crippen molar-refractivity contribution in [3.05, 3.63) is 59.2 Å². The van der Waals surface area contributed by atoms with Crippen LogP contribution < -0.4 is 10.1 Å². The number of hydrogen-bond donors (Lipinski definition) is 1. The zero-order chi connectivity index (χ0) is 14.4. The Bertz CT molecular complexity index is 629. The second kappa shape index (κ2) is 6.63. The highest BCUT2D eigenvalue weighted by Gasteiger charge is 2.04. The van der Waals surface area contributed by atoms with Gasteiger partial charge in [-0.05, 0) is 35.7 Å². The van der Waals surface area contributed by atoms with Gasteiger partial charge in [-0.3, -0.25) is 0 Å². The SMILES string of the molecule is CCc1ccccc1NCc1ccc(C#N)c(OC)c1. The van der Waals surface area contributed by atoms with Gasteiger partial charge in [0.1, 0.15) is 11.8 Å². The van der Waals surface area contributed by atoms with Crippen LogP contribution in [0.4, 0.5) is 5.69 Å². The molecular formula is C17H18N2O. The number of rotatable bonds is 5. The molecule has 0 atom stereocenters. The molecule has 0 saturated heterocycles. The molecule has 2 aromatic rings. The molecular weight excluding hydrogens is 248 g/mol. The van der Waals surface area contributed by atoms with Gasteiger partial charge in [0.25, 0.3) is 0 Å². The van der Waals surface area contributed by atoms with Crippen LogP contribution in [0.25, 0.3) is 0 Å². The van der Waals surface area contributed by atoms with Crippen LogP contribution in [0.1, 0.15) is 23.6 Å². The second-order valence-electron chi connectivity index (χ2n) is 4.51. The lowest BCUT2D eigenvalue weighted by molar-refractivity contribution is 0.413. The molecule has 3 heteroatoms. The molecule has 0 amide bonds. The number of anilines is 1. The summed E-state index contributed by atoms with van der Waals surface area (Å²) in [5.41, 5.74) is 4.10. The van der Waals surface area contributed by atoms with Crippen LogP contribution in [0.2, 0.25) is 0 Å². The number of methoxy groups -OCH3 is 1. The third-order valence-corrected chi connectivity index (χ3v) is 3.27. The van der Waals surface area contributed by atoms with E-state index in [1.807, 2.05) is 18.2 Å². The largest absolute Gasteiger partial charge is 0.495 e. The van der Waals surface area contributed by atoms with Gasteiger partial charge in [-0.15, -0.1) is 0 Å². The fourth-order valence-electron chi connectivity index (χ4n) is 2.14. The Morgan fingerprint density at radius 1 is 1.20 bits per heavy atom. The summed E-state index contributed by atoms with van der Waals surface area (Å²) in [6.45, 7) is 2.85. The molecule has 102 valence electrons. The van der Waals surface area contributed by atoms with Crippen LogP contribution in [-0.4, -0.2) is 7.11 Å². The van der Waals surface area contributed by atoms with E-state index in [1.54, 1.807) is 13.2 Å². The average Bonchev–Trinajstić information content (AvgIpc) is 2.52. The third kappa shape index (κ3) is 3.10. The van der Waals surface area contributed by atoms with E-state index in [1.165, 1.54) is 5.56 Å². The zero-order valence-corrected chi connectivity index (χ0v) is 11.8. The van der Waals surface area contributed by atoms with E-state index in [2.05, 4.69) is 36.5 Å². The maximum absolute atomic E-state index is 8.97. The van der Waals surface area contributed by atoms with Crippen molar-refractivity contribution in [1.29, 1.82) is 5.26 Å². The number of nitriles is 1. The Hall–Kier alpha value is -2.47. The monoisotopic (exact) mass is 266 g/mol. The van der Waals surface area contributed by atoms with Crippen molar-refractivity contribution in [3.8, 4) is 11.8 Å². The van der Waals surface area contributed by atoms with E-state index in [-0.39, 0.29) is 0 Å². The first-order valence-corrected chi connectivity index (χ1v) is 6.67. The molecule has 0 aliphatic heterocycles. The number of para-hydroxylation sites is 1. The van der Waals surface area contributed by atoms with Gasteiger partial charge < -0.3 is 10.1 Å². The summed E-state index contributed by atoms with van der Waals surface area (Å²) in [6, 6.07) is 16.1. The van der Waals surface area contributed by atoms with E-state index in [0.717, 1.165) is 17.7 Å². The summed E-state index contributed by atoms with van der Waals surface area (Å²) < 4.78 is 5.22. The smallest absolute Gasteiger partial charge is 0.136 e. The maximum Gasteiger partial charge on any atom is 0.136 e. The molecule has 3 nitrogen and oxygen atoms in total. The van der Waals surface area contributed by atoms with Crippen LogP contribution in [0.3, 0.4) is 0 Å². The molecule has 2 rings (SSSR count). The Morgan fingerprint density at radius 2 is 2.00 bits per heavy atom. The van der Waals surface area contributed by atoms with Crippen molar-refractivity contribution in [1.82, 2.24) is 0 Å². The molecule has 0 radical (unpaired) electrons. The van der Waals surface area contributed by atoms with Crippen LogP contribution >= 0.6 is 0 Å². The van der Waals surface area contributed by atoms with Gasteiger partial charge in [0.05, 0.1) is 12.7 Å². The van der Waals surface area contributed by atoms with E-state index in [9.17, 15) is 0 Å². The van der Waals surface area contributed by atoms with Gasteiger partial charge >= 0.3 is 0 Å². The molecule has 2 aromatic carbocycles. The standard InChI is InChI=1S/C17H18N2O/c1-3-14-6-4-5-7-16(14)19-12-13-8-9-15(11-18)17(10-13)20-2/h4-10,19H,3,12H2,1-2H3. The predicted octanol–water partition coefficient (Wildman–Crippen LogP) is 3.74. The average molecular weight is 266 g/mol. The van der Waals surface area contributed by atoms with Crippen LogP contribution in [0, 0.1) is 11.3 Å². The van der Waals surface area contributed by atoms with E-state index >= 15 is 0 Å². The minimum atomic E-state index is 0.560. The maximum atomic E-state index is 8.97. The highest BCUT2D eigenvalue weighted by molar-refractivity contribution is 5.52. The van der Waals surface area contributed by atoms with Crippen LogP contribution in [-0.2, 0) is 13.0 Å². The molecule has 20 heavy (non-hydrogen) atoms. The van der Waals surface area contributed by atoms with Gasteiger partial charge in [-0.25, -0.2) is 0 Å². The fraction of sp³-hybridized carbons (Fsp3) is 0.235. The fourth-order valence-corrected chi connectivity index (χ4v) is 2.14. The Kier molecular flexibility index (Phi) is 4.62.